The number of aromatic nitrogens is 7. The summed E-state index contributed by atoms with van der Waals surface area (Å²) in [6.45, 7) is 2.47. The molecule has 0 unspecified atom stereocenters. The predicted molar refractivity (Wildman–Crippen MR) is 94.3 cm³/mol. The van der Waals surface area contributed by atoms with Crippen LogP contribution in [0.1, 0.15) is 24.6 Å². The van der Waals surface area contributed by atoms with E-state index in [-0.39, 0.29) is 10.8 Å². The molecule has 7 nitrogen and oxygen atoms in total. The van der Waals surface area contributed by atoms with Crippen LogP contribution >= 0.6 is 11.6 Å². The largest absolute Gasteiger partial charge is 0.322 e. The van der Waals surface area contributed by atoms with E-state index in [1.165, 1.54) is 18.3 Å². The van der Waals surface area contributed by atoms with E-state index in [9.17, 15) is 4.39 Å². The summed E-state index contributed by atoms with van der Waals surface area (Å²) in [5.74, 6) is -0.0932. The summed E-state index contributed by atoms with van der Waals surface area (Å²) >= 11 is 6.08. The van der Waals surface area contributed by atoms with Gasteiger partial charge in [-0.05, 0) is 18.6 Å². The van der Waals surface area contributed by atoms with Crippen LogP contribution in [0.3, 0.4) is 0 Å². The highest BCUT2D eigenvalue weighted by Gasteiger charge is 2.18. The van der Waals surface area contributed by atoms with Gasteiger partial charge in [0.15, 0.2) is 17.3 Å². The molecule has 0 aromatic carbocycles. The summed E-state index contributed by atoms with van der Waals surface area (Å²) in [7, 11) is 0. The molecule has 4 rings (SSSR count). The van der Waals surface area contributed by atoms with Gasteiger partial charge in [0.2, 0.25) is 0 Å². The van der Waals surface area contributed by atoms with Crippen LogP contribution < -0.4 is 0 Å². The highest BCUT2D eigenvalue weighted by atomic mass is 35.5. The van der Waals surface area contributed by atoms with Crippen LogP contribution in [0.5, 0.6) is 0 Å². The number of fused-ring (bicyclic) bond motifs is 1. The normalized spacial score (nSPS) is 11.3. The van der Waals surface area contributed by atoms with Crippen LogP contribution in [0.2, 0.25) is 5.15 Å². The Hall–Kier alpha value is -2.87. The summed E-state index contributed by atoms with van der Waals surface area (Å²) in [5.41, 5.74) is 2.75. The summed E-state index contributed by atoms with van der Waals surface area (Å²) in [6, 6.07) is 2.88. The molecule has 132 valence electrons. The molecule has 4 aromatic rings. The van der Waals surface area contributed by atoms with Crippen molar-refractivity contribution in [3.8, 4) is 11.5 Å². The van der Waals surface area contributed by atoms with Gasteiger partial charge >= 0.3 is 0 Å². The molecular weight excluding hydrogens is 357 g/mol. The van der Waals surface area contributed by atoms with Crippen molar-refractivity contribution < 1.29 is 4.39 Å². The molecule has 0 fully saturated rings. The molecule has 0 bridgehead atoms. The molecular formula is C17H15ClFN7. The van der Waals surface area contributed by atoms with Gasteiger partial charge in [0, 0.05) is 18.0 Å². The first-order chi connectivity index (χ1) is 12.7. The van der Waals surface area contributed by atoms with Gasteiger partial charge in [-0.3, -0.25) is 4.40 Å². The van der Waals surface area contributed by atoms with E-state index in [4.69, 9.17) is 11.6 Å². The Labute approximate surface area is 153 Å². The molecule has 0 atom stereocenters. The highest BCUT2D eigenvalue weighted by Crippen LogP contribution is 2.24. The van der Waals surface area contributed by atoms with Gasteiger partial charge in [0.1, 0.15) is 23.5 Å². The minimum Gasteiger partial charge on any atom is -0.322 e. The fraction of sp³-hybridized carbons (Fsp3) is 0.235. The van der Waals surface area contributed by atoms with Gasteiger partial charge in [-0.15, -0.1) is 10.2 Å². The topological polar surface area (TPSA) is 73.8 Å². The average molecular weight is 372 g/mol. The number of halogens is 2. The molecule has 0 aliphatic heterocycles. The monoisotopic (exact) mass is 371 g/mol. The number of imidazole rings is 1. The van der Waals surface area contributed by atoms with Crippen LogP contribution in [0, 0.1) is 5.82 Å². The van der Waals surface area contributed by atoms with Crippen molar-refractivity contribution in [2.24, 2.45) is 0 Å². The van der Waals surface area contributed by atoms with E-state index in [2.05, 4.69) is 32.1 Å². The van der Waals surface area contributed by atoms with Crippen molar-refractivity contribution in [3.63, 3.8) is 0 Å². The SMILES string of the molecule is CCCc1c(Cn2cc(Cl)nc2-c2ncccc2F)ncn2cnnc12. The van der Waals surface area contributed by atoms with Gasteiger partial charge in [-0.25, -0.2) is 19.3 Å². The Morgan fingerprint density at radius 2 is 2.12 bits per heavy atom. The third-order valence-electron chi connectivity index (χ3n) is 4.07. The Kier molecular flexibility index (Phi) is 4.34. The first-order valence-corrected chi connectivity index (χ1v) is 8.54. The highest BCUT2D eigenvalue weighted by molar-refractivity contribution is 6.29. The van der Waals surface area contributed by atoms with Crippen LogP contribution in [0.4, 0.5) is 4.39 Å². The summed E-state index contributed by atoms with van der Waals surface area (Å²) in [5, 5.41) is 8.40. The third kappa shape index (κ3) is 2.92. The predicted octanol–water partition coefficient (Wildman–Crippen LogP) is 3.18. The molecule has 0 saturated heterocycles. The Balaban J connectivity index is 1.80. The molecule has 0 radical (unpaired) electrons. The molecule has 0 aliphatic carbocycles. The van der Waals surface area contributed by atoms with E-state index in [1.54, 1.807) is 27.8 Å². The minimum atomic E-state index is -0.453. The lowest BCUT2D eigenvalue weighted by Gasteiger charge is -2.11. The third-order valence-corrected chi connectivity index (χ3v) is 4.25. The quantitative estimate of drug-likeness (QED) is 0.538. The second-order valence-corrected chi connectivity index (χ2v) is 6.22. The van der Waals surface area contributed by atoms with Crippen molar-refractivity contribution in [2.45, 2.75) is 26.3 Å². The lowest BCUT2D eigenvalue weighted by molar-refractivity contribution is 0.621. The van der Waals surface area contributed by atoms with E-state index in [0.29, 0.717) is 12.4 Å². The lowest BCUT2D eigenvalue weighted by atomic mass is 10.1. The van der Waals surface area contributed by atoms with E-state index in [1.807, 2.05) is 0 Å². The van der Waals surface area contributed by atoms with Crippen LogP contribution in [-0.4, -0.2) is 34.1 Å². The second-order valence-electron chi connectivity index (χ2n) is 5.83. The first kappa shape index (κ1) is 16.6. The van der Waals surface area contributed by atoms with Gasteiger partial charge in [-0.2, -0.15) is 0 Å². The molecule has 9 heteroatoms. The maximum Gasteiger partial charge on any atom is 0.166 e. The van der Waals surface area contributed by atoms with E-state index >= 15 is 0 Å². The molecule has 0 aliphatic rings. The number of rotatable bonds is 5. The number of pyridine rings is 1. The molecule has 0 saturated carbocycles. The molecule has 26 heavy (non-hydrogen) atoms. The molecule has 4 heterocycles. The Morgan fingerprint density at radius 3 is 2.92 bits per heavy atom. The molecule has 0 N–H and O–H groups in total. The van der Waals surface area contributed by atoms with E-state index < -0.39 is 5.82 Å². The average Bonchev–Trinajstić information content (AvgIpc) is 3.24. The summed E-state index contributed by atoms with van der Waals surface area (Å²) in [4.78, 5) is 12.9. The summed E-state index contributed by atoms with van der Waals surface area (Å²) < 4.78 is 17.7. The fourth-order valence-electron chi connectivity index (χ4n) is 2.93. The van der Waals surface area contributed by atoms with Crippen molar-refractivity contribution in [1.29, 1.82) is 0 Å². The zero-order valence-corrected chi connectivity index (χ0v) is 14.7. The minimum absolute atomic E-state index is 0.153. The number of hydrogen-bond donors (Lipinski definition) is 0. The zero-order valence-electron chi connectivity index (χ0n) is 14.0. The maximum atomic E-state index is 14.2. The summed E-state index contributed by atoms with van der Waals surface area (Å²) in [6.07, 6.45) is 8.21. The van der Waals surface area contributed by atoms with Crippen LogP contribution in [0.15, 0.2) is 37.2 Å². The number of aryl methyl sites for hydroxylation is 1. The Morgan fingerprint density at radius 1 is 1.23 bits per heavy atom. The maximum absolute atomic E-state index is 14.2. The van der Waals surface area contributed by atoms with Crippen molar-refractivity contribution in [3.05, 3.63) is 59.4 Å². The van der Waals surface area contributed by atoms with Gasteiger partial charge in [-0.1, -0.05) is 24.9 Å². The van der Waals surface area contributed by atoms with Crippen LogP contribution in [0.25, 0.3) is 17.2 Å². The lowest BCUT2D eigenvalue weighted by Crippen LogP contribution is -2.09. The van der Waals surface area contributed by atoms with Crippen LogP contribution in [-0.2, 0) is 13.0 Å². The molecule has 4 aromatic heterocycles. The standard InChI is InChI=1S/C17H15ClFN7/c1-2-4-11-13(21-9-26-10-22-24-16(11)26)7-25-8-14(18)23-17(25)15-12(19)5-3-6-20-15/h3,5-6,8-10H,2,4,7H2,1H3. The fourth-order valence-corrected chi connectivity index (χ4v) is 3.13. The van der Waals surface area contributed by atoms with Crippen molar-refractivity contribution in [2.75, 3.05) is 0 Å². The zero-order chi connectivity index (χ0) is 18.1. The molecule has 0 amide bonds. The number of hydrogen-bond acceptors (Lipinski definition) is 5. The van der Waals surface area contributed by atoms with Gasteiger partial charge < -0.3 is 4.57 Å². The number of nitrogens with zero attached hydrogens (tertiary/aromatic N) is 7. The van der Waals surface area contributed by atoms with E-state index in [0.717, 1.165) is 29.7 Å². The smallest absolute Gasteiger partial charge is 0.166 e. The first-order valence-electron chi connectivity index (χ1n) is 8.17. The van der Waals surface area contributed by atoms with Gasteiger partial charge in [0.05, 0.1) is 12.2 Å². The molecule has 0 spiro atoms. The van der Waals surface area contributed by atoms with Crippen molar-refractivity contribution in [1.82, 2.24) is 34.1 Å². The van der Waals surface area contributed by atoms with Gasteiger partial charge in [0.25, 0.3) is 0 Å². The second kappa shape index (κ2) is 6.80. The Bertz CT molecular complexity index is 1070. The van der Waals surface area contributed by atoms with Crippen molar-refractivity contribution >= 4 is 17.2 Å².